The van der Waals surface area contributed by atoms with E-state index in [1.807, 2.05) is 50.2 Å². The highest BCUT2D eigenvalue weighted by molar-refractivity contribution is 6.06. The molecule has 158 valence electrons. The average Bonchev–Trinajstić information content (AvgIpc) is 3.17. The number of nitrogens with zero attached hydrogens (tertiary/aromatic N) is 1. The molecule has 0 spiro atoms. The Labute approximate surface area is 182 Å². The van der Waals surface area contributed by atoms with Gasteiger partial charge in [0.15, 0.2) is 5.58 Å². The second-order valence-corrected chi connectivity index (χ2v) is 8.09. The van der Waals surface area contributed by atoms with Crippen molar-refractivity contribution >= 4 is 22.7 Å². The molecule has 0 unspecified atom stereocenters. The molecule has 1 aromatic heterocycles. The minimum Gasteiger partial charge on any atom is -0.495 e. The standard InChI is InChI=1S/C26H26N2O3/c1-15(2)18-7-11-24-22(13-18)28-26(31-24)19-8-10-23(30-5)21(14-19)27-25(29)20-9-6-16(3)12-17(20)4/h6-15H,1-5H3,(H,27,29). The predicted molar refractivity (Wildman–Crippen MR) is 124 cm³/mol. The SMILES string of the molecule is COc1ccc(-c2nc3cc(C(C)C)ccc3o2)cc1NC(=O)c1ccc(C)cc1C. The van der Waals surface area contributed by atoms with Gasteiger partial charge < -0.3 is 14.5 Å². The summed E-state index contributed by atoms with van der Waals surface area (Å²) >= 11 is 0. The number of rotatable bonds is 5. The van der Waals surface area contributed by atoms with Gasteiger partial charge in [-0.1, -0.05) is 37.6 Å². The molecule has 1 N–H and O–H groups in total. The molecule has 1 amide bonds. The number of anilines is 1. The lowest BCUT2D eigenvalue weighted by molar-refractivity contribution is 0.102. The number of hydrogen-bond donors (Lipinski definition) is 1. The predicted octanol–water partition coefficient (Wildman–Crippen LogP) is 6.50. The van der Waals surface area contributed by atoms with Crippen molar-refractivity contribution in [3.05, 3.63) is 76.9 Å². The maximum absolute atomic E-state index is 12.9. The number of aryl methyl sites for hydroxylation is 2. The molecule has 5 nitrogen and oxygen atoms in total. The lowest BCUT2D eigenvalue weighted by atomic mass is 10.0. The van der Waals surface area contributed by atoms with E-state index in [2.05, 4.69) is 36.3 Å². The van der Waals surface area contributed by atoms with Gasteiger partial charge in [-0.25, -0.2) is 4.98 Å². The first-order valence-corrected chi connectivity index (χ1v) is 10.3. The summed E-state index contributed by atoms with van der Waals surface area (Å²) in [4.78, 5) is 17.6. The van der Waals surface area contributed by atoms with E-state index in [0.29, 0.717) is 28.8 Å². The Hall–Kier alpha value is -3.60. The second-order valence-electron chi connectivity index (χ2n) is 8.09. The van der Waals surface area contributed by atoms with E-state index in [9.17, 15) is 4.79 Å². The number of amides is 1. The van der Waals surface area contributed by atoms with Gasteiger partial charge in [0.05, 0.1) is 12.8 Å². The van der Waals surface area contributed by atoms with Crippen LogP contribution in [0.15, 0.2) is 59.0 Å². The summed E-state index contributed by atoms with van der Waals surface area (Å²) in [6.07, 6.45) is 0. The van der Waals surface area contributed by atoms with E-state index < -0.39 is 0 Å². The van der Waals surface area contributed by atoms with E-state index in [1.54, 1.807) is 13.2 Å². The smallest absolute Gasteiger partial charge is 0.256 e. The molecule has 0 saturated carbocycles. The van der Waals surface area contributed by atoms with Crippen molar-refractivity contribution in [2.24, 2.45) is 0 Å². The van der Waals surface area contributed by atoms with Crippen molar-refractivity contribution in [1.82, 2.24) is 4.98 Å². The maximum atomic E-state index is 12.9. The van der Waals surface area contributed by atoms with Crippen LogP contribution in [0.2, 0.25) is 0 Å². The average molecular weight is 415 g/mol. The fourth-order valence-corrected chi connectivity index (χ4v) is 3.62. The first-order chi connectivity index (χ1) is 14.9. The fraction of sp³-hybridized carbons (Fsp3) is 0.231. The molecule has 31 heavy (non-hydrogen) atoms. The molecule has 1 heterocycles. The number of benzene rings is 3. The third-order valence-electron chi connectivity index (χ3n) is 5.40. The summed E-state index contributed by atoms with van der Waals surface area (Å²) in [5.74, 6) is 1.30. The van der Waals surface area contributed by atoms with Crippen molar-refractivity contribution in [3.63, 3.8) is 0 Å². The number of ether oxygens (including phenoxy) is 1. The Morgan fingerprint density at radius 3 is 2.55 bits per heavy atom. The monoisotopic (exact) mass is 414 g/mol. The highest BCUT2D eigenvalue weighted by Gasteiger charge is 2.16. The molecule has 0 atom stereocenters. The molecule has 0 fully saturated rings. The summed E-state index contributed by atoms with van der Waals surface area (Å²) < 4.78 is 11.4. The molecule has 0 aliphatic rings. The number of methoxy groups -OCH3 is 1. The molecule has 0 aliphatic carbocycles. The maximum Gasteiger partial charge on any atom is 0.256 e. The third-order valence-corrected chi connectivity index (χ3v) is 5.40. The first-order valence-electron chi connectivity index (χ1n) is 10.3. The molecule has 3 aromatic carbocycles. The van der Waals surface area contributed by atoms with Crippen LogP contribution >= 0.6 is 0 Å². The molecule has 0 radical (unpaired) electrons. The third kappa shape index (κ3) is 4.17. The van der Waals surface area contributed by atoms with Gasteiger partial charge in [-0.05, 0) is 67.3 Å². The highest BCUT2D eigenvalue weighted by Crippen LogP contribution is 2.33. The number of carbonyl (C=O) groups excluding carboxylic acids is 1. The van der Waals surface area contributed by atoms with Gasteiger partial charge in [0.25, 0.3) is 5.91 Å². The van der Waals surface area contributed by atoms with Crippen LogP contribution in [0, 0.1) is 13.8 Å². The summed E-state index contributed by atoms with van der Waals surface area (Å²) in [5, 5.41) is 2.97. The van der Waals surface area contributed by atoms with Crippen LogP contribution in [0.5, 0.6) is 5.75 Å². The van der Waals surface area contributed by atoms with Gasteiger partial charge in [-0.15, -0.1) is 0 Å². The molecule has 0 saturated heterocycles. The summed E-state index contributed by atoms with van der Waals surface area (Å²) in [6.45, 7) is 8.23. The normalized spacial score (nSPS) is 11.2. The van der Waals surface area contributed by atoms with Crippen LogP contribution in [0.4, 0.5) is 5.69 Å². The van der Waals surface area contributed by atoms with Gasteiger partial charge >= 0.3 is 0 Å². The minimum atomic E-state index is -0.188. The van der Waals surface area contributed by atoms with Gasteiger partial charge in [-0.2, -0.15) is 0 Å². The first kappa shape index (κ1) is 20.7. The van der Waals surface area contributed by atoms with Gasteiger partial charge in [-0.3, -0.25) is 4.79 Å². The molecule has 0 bridgehead atoms. The molecular formula is C26H26N2O3. The Bertz CT molecular complexity index is 1270. The number of fused-ring (bicyclic) bond motifs is 1. The molecule has 4 rings (SSSR count). The van der Waals surface area contributed by atoms with Crippen molar-refractivity contribution in [2.45, 2.75) is 33.6 Å². The van der Waals surface area contributed by atoms with E-state index in [-0.39, 0.29) is 5.91 Å². The van der Waals surface area contributed by atoms with Crippen molar-refractivity contribution in [3.8, 4) is 17.2 Å². The topological polar surface area (TPSA) is 64.4 Å². The lowest BCUT2D eigenvalue weighted by Gasteiger charge is -2.12. The van der Waals surface area contributed by atoms with Crippen LogP contribution in [0.25, 0.3) is 22.6 Å². The van der Waals surface area contributed by atoms with Crippen LogP contribution < -0.4 is 10.1 Å². The minimum absolute atomic E-state index is 0.188. The number of aromatic nitrogens is 1. The molecule has 0 aliphatic heterocycles. The van der Waals surface area contributed by atoms with E-state index in [4.69, 9.17) is 9.15 Å². The number of oxazole rings is 1. The van der Waals surface area contributed by atoms with Crippen molar-refractivity contribution in [1.29, 1.82) is 0 Å². The Balaban J connectivity index is 1.69. The number of hydrogen-bond acceptors (Lipinski definition) is 4. The van der Waals surface area contributed by atoms with E-state index in [0.717, 1.165) is 27.8 Å². The second kappa shape index (κ2) is 8.26. The lowest BCUT2D eigenvalue weighted by Crippen LogP contribution is -2.14. The van der Waals surface area contributed by atoms with Crippen LogP contribution in [-0.4, -0.2) is 18.0 Å². The van der Waals surface area contributed by atoms with Crippen LogP contribution in [0.1, 0.15) is 46.8 Å². The quantitative estimate of drug-likeness (QED) is 0.405. The van der Waals surface area contributed by atoms with E-state index >= 15 is 0 Å². The molecular weight excluding hydrogens is 388 g/mol. The van der Waals surface area contributed by atoms with Gasteiger partial charge in [0.1, 0.15) is 11.3 Å². The largest absolute Gasteiger partial charge is 0.495 e. The molecule has 5 heteroatoms. The fourth-order valence-electron chi connectivity index (χ4n) is 3.62. The van der Waals surface area contributed by atoms with Crippen molar-refractivity contribution in [2.75, 3.05) is 12.4 Å². The number of carbonyl (C=O) groups is 1. The Kier molecular flexibility index (Phi) is 5.51. The Morgan fingerprint density at radius 2 is 1.84 bits per heavy atom. The zero-order chi connectivity index (χ0) is 22.1. The van der Waals surface area contributed by atoms with Gasteiger partial charge in [0, 0.05) is 11.1 Å². The zero-order valence-electron chi connectivity index (χ0n) is 18.4. The molecule has 4 aromatic rings. The summed E-state index contributed by atoms with van der Waals surface area (Å²) in [6, 6.07) is 17.3. The highest BCUT2D eigenvalue weighted by atomic mass is 16.5. The van der Waals surface area contributed by atoms with E-state index in [1.165, 1.54) is 5.56 Å². The van der Waals surface area contributed by atoms with Crippen LogP contribution in [-0.2, 0) is 0 Å². The number of nitrogens with one attached hydrogen (secondary N) is 1. The summed E-state index contributed by atoms with van der Waals surface area (Å²) in [5.41, 5.74) is 6.76. The summed E-state index contributed by atoms with van der Waals surface area (Å²) in [7, 11) is 1.58. The van der Waals surface area contributed by atoms with Crippen LogP contribution in [0.3, 0.4) is 0 Å². The van der Waals surface area contributed by atoms with Gasteiger partial charge in [0.2, 0.25) is 5.89 Å². The zero-order valence-corrected chi connectivity index (χ0v) is 18.4. The Morgan fingerprint density at radius 1 is 1.03 bits per heavy atom. The van der Waals surface area contributed by atoms with Crippen molar-refractivity contribution < 1.29 is 13.9 Å².